The van der Waals surface area contributed by atoms with Gasteiger partial charge in [0.2, 0.25) is 0 Å². The molecule has 5 heteroatoms. The molecule has 0 unspecified atom stereocenters. The van der Waals surface area contributed by atoms with Crippen LogP contribution in [-0.2, 0) is 6.42 Å². The Labute approximate surface area is 133 Å². The minimum absolute atomic E-state index is 0.0726. The Balaban J connectivity index is 2.05. The standard InChI is InChI=1S/C18H17F2NO2/c1-3-18(2)7-6-15-11(17(18)23)4-5-14(21-15)10-8-12(19)16(22)13(20)9-10/h4-5,8-9,22H,3,6-7H2,1-2H3/t18-/m0/s1. The third kappa shape index (κ3) is 2.50. The number of carbonyl (C=O) groups excluding carboxylic acids is 1. The van der Waals surface area contributed by atoms with E-state index in [9.17, 15) is 18.7 Å². The summed E-state index contributed by atoms with van der Waals surface area (Å²) in [6.07, 6.45) is 2.13. The van der Waals surface area contributed by atoms with Crippen molar-refractivity contribution in [3.05, 3.63) is 47.2 Å². The summed E-state index contributed by atoms with van der Waals surface area (Å²) in [5.74, 6) is -2.99. The topological polar surface area (TPSA) is 50.2 Å². The van der Waals surface area contributed by atoms with Gasteiger partial charge in [0.25, 0.3) is 0 Å². The van der Waals surface area contributed by atoms with Crippen molar-refractivity contribution in [1.29, 1.82) is 0 Å². The maximum Gasteiger partial charge on any atom is 0.187 e. The van der Waals surface area contributed by atoms with Crippen molar-refractivity contribution in [3.63, 3.8) is 0 Å². The summed E-state index contributed by atoms with van der Waals surface area (Å²) in [7, 11) is 0. The van der Waals surface area contributed by atoms with Gasteiger partial charge in [-0.15, -0.1) is 0 Å². The van der Waals surface area contributed by atoms with E-state index in [4.69, 9.17) is 0 Å². The molecule has 23 heavy (non-hydrogen) atoms. The molecule has 0 aliphatic heterocycles. The van der Waals surface area contributed by atoms with E-state index >= 15 is 0 Å². The van der Waals surface area contributed by atoms with Crippen LogP contribution in [0.3, 0.4) is 0 Å². The summed E-state index contributed by atoms with van der Waals surface area (Å²) in [4.78, 5) is 17.0. The molecule has 0 bridgehead atoms. The van der Waals surface area contributed by atoms with Crippen LogP contribution in [0.4, 0.5) is 8.78 Å². The number of benzene rings is 1. The number of aromatic nitrogens is 1. The van der Waals surface area contributed by atoms with Crippen molar-refractivity contribution in [3.8, 4) is 17.0 Å². The molecule has 2 aromatic rings. The summed E-state index contributed by atoms with van der Waals surface area (Å²) >= 11 is 0. The Kier molecular flexibility index (Phi) is 3.66. The van der Waals surface area contributed by atoms with Crippen molar-refractivity contribution in [2.45, 2.75) is 33.1 Å². The normalized spacial score (nSPS) is 20.4. The van der Waals surface area contributed by atoms with E-state index in [-0.39, 0.29) is 16.8 Å². The zero-order valence-corrected chi connectivity index (χ0v) is 13.0. The molecule has 0 fully saturated rings. The number of hydrogen-bond donors (Lipinski definition) is 1. The van der Waals surface area contributed by atoms with Gasteiger partial charge in [-0.05, 0) is 43.5 Å². The third-order valence-corrected chi connectivity index (χ3v) is 4.77. The highest BCUT2D eigenvalue weighted by Crippen LogP contribution is 2.38. The molecule has 0 amide bonds. The maximum absolute atomic E-state index is 13.5. The second kappa shape index (κ2) is 5.41. The second-order valence-corrected chi connectivity index (χ2v) is 6.22. The van der Waals surface area contributed by atoms with Crippen molar-refractivity contribution >= 4 is 5.78 Å². The number of Topliss-reactive ketones (excluding diaryl/α,β-unsaturated/α-hetero) is 1. The molecule has 1 atom stereocenters. The number of rotatable bonds is 2. The molecular weight excluding hydrogens is 300 g/mol. The summed E-state index contributed by atoms with van der Waals surface area (Å²) in [6.45, 7) is 3.95. The van der Waals surface area contributed by atoms with E-state index < -0.39 is 17.4 Å². The quantitative estimate of drug-likeness (QED) is 0.899. The number of pyridine rings is 1. The predicted molar refractivity (Wildman–Crippen MR) is 82.3 cm³/mol. The summed E-state index contributed by atoms with van der Waals surface area (Å²) < 4.78 is 27.0. The first-order valence-corrected chi connectivity index (χ1v) is 7.59. The highest BCUT2D eigenvalue weighted by Gasteiger charge is 2.37. The highest BCUT2D eigenvalue weighted by atomic mass is 19.1. The summed E-state index contributed by atoms with van der Waals surface area (Å²) in [5, 5.41) is 9.17. The van der Waals surface area contributed by atoms with Crippen LogP contribution in [0.5, 0.6) is 5.75 Å². The third-order valence-electron chi connectivity index (χ3n) is 4.77. The first-order chi connectivity index (χ1) is 10.9. The minimum Gasteiger partial charge on any atom is -0.503 e. The minimum atomic E-state index is -1.03. The van der Waals surface area contributed by atoms with Crippen molar-refractivity contribution in [2.24, 2.45) is 5.41 Å². The lowest BCUT2D eigenvalue weighted by molar-refractivity contribution is 0.0776. The predicted octanol–water partition coefficient (Wildman–Crippen LogP) is 4.28. The molecule has 0 radical (unpaired) electrons. The Morgan fingerprint density at radius 3 is 2.52 bits per heavy atom. The van der Waals surface area contributed by atoms with Crippen molar-refractivity contribution in [1.82, 2.24) is 4.98 Å². The summed E-state index contributed by atoms with van der Waals surface area (Å²) in [5.41, 5.74) is 1.50. The van der Waals surface area contributed by atoms with E-state index in [2.05, 4.69) is 4.98 Å². The molecule has 1 aromatic heterocycles. The zero-order chi connectivity index (χ0) is 16.8. The lowest BCUT2D eigenvalue weighted by Crippen LogP contribution is -2.33. The van der Waals surface area contributed by atoms with Crippen LogP contribution in [0.15, 0.2) is 24.3 Å². The van der Waals surface area contributed by atoms with Crippen LogP contribution in [0, 0.1) is 17.0 Å². The number of aryl methyl sites for hydroxylation is 1. The first kappa shape index (κ1) is 15.6. The number of phenols is 1. The molecular formula is C18H17F2NO2. The molecule has 1 heterocycles. The highest BCUT2D eigenvalue weighted by molar-refractivity contribution is 6.02. The van der Waals surface area contributed by atoms with Gasteiger partial charge in [-0.1, -0.05) is 13.8 Å². The smallest absolute Gasteiger partial charge is 0.187 e. The number of aromatic hydroxyl groups is 1. The lowest BCUT2D eigenvalue weighted by Gasteiger charge is -2.31. The molecule has 0 spiro atoms. The molecule has 1 aliphatic rings. The average Bonchev–Trinajstić information content (AvgIpc) is 2.55. The Morgan fingerprint density at radius 1 is 1.26 bits per heavy atom. The molecule has 3 nitrogen and oxygen atoms in total. The Hall–Kier alpha value is -2.30. The van der Waals surface area contributed by atoms with E-state index in [1.165, 1.54) is 0 Å². The fraction of sp³-hybridized carbons (Fsp3) is 0.333. The fourth-order valence-corrected chi connectivity index (χ4v) is 2.94. The molecule has 3 rings (SSSR count). The second-order valence-electron chi connectivity index (χ2n) is 6.22. The van der Waals surface area contributed by atoms with E-state index in [1.54, 1.807) is 12.1 Å². The van der Waals surface area contributed by atoms with Gasteiger partial charge < -0.3 is 5.11 Å². The van der Waals surface area contributed by atoms with Crippen LogP contribution in [0.2, 0.25) is 0 Å². The maximum atomic E-state index is 13.5. The number of hydrogen-bond acceptors (Lipinski definition) is 3. The average molecular weight is 317 g/mol. The molecule has 1 aromatic carbocycles. The number of nitrogens with zero attached hydrogens (tertiary/aromatic N) is 1. The Morgan fingerprint density at radius 2 is 1.91 bits per heavy atom. The van der Waals surface area contributed by atoms with Crippen LogP contribution in [0.1, 0.15) is 42.7 Å². The largest absolute Gasteiger partial charge is 0.503 e. The molecule has 1 aliphatic carbocycles. The SMILES string of the molecule is CC[C@@]1(C)CCc2nc(-c3cc(F)c(O)c(F)c3)ccc2C1=O. The van der Waals surface area contributed by atoms with Gasteiger partial charge in [0.1, 0.15) is 0 Å². The number of carbonyl (C=O) groups is 1. The van der Waals surface area contributed by atoms with Crippen molar-refractivity contribution in [2.75, 3.05) is 0 Å². The fourth-order valence-electron chi connectivity index (χ4n) is 2.94. The van der Waals surface area contributed by atoms with Gasteiger partial charge in [-0.2, -0.15) is 0 Å². The van der Waals surface area contributed by atoms with Gasteiger partial charge in [-0.25, -0.2) is 8.78 Å². The monoisotopic (exact) mass is 317 g/mol. The van der Waals surface area contributed by atoms with Crippen molar-refractivity contribution < 1.29 is 18.7 Å². The Bertz CT molecular complexity index is 781. The van der Waals surface area contributed by atoms with Gasteiger partial charge in [0, 0.05) is 16.5 Å². The van der Waals surface area contributed by atoms with E-state index in [0.29, 0.717) is 29.8 Å². The van der Waals surface area contributed by atoms with Gasteiger partial charge in [0.05, 0.1) is 11.4 Å². The molecule has 0 saturated carbocycles. The van der Waals surface area contributed by atoms with Gasteiger partial charge in [-0.3, -0.25) is 9.78 Å². The first-order valence-electron chi connectivity index (χ1n) is 7.59. The lowest BCUT2D eigenvalue weighted by atomic mass is 9.71. The van der Waals surface area contributed by atoms with Crippen LogP contribution in [0.25, 0.3) is 11.3 Å². The van der Waals surface area contributed by atoms with Gasteiger partial charge in [0.15, 0.2) is 23.2 Å². The van der Waals surface area contributed by atoms with E-state index in [1.807, 2.05) is 13.8 Å². The van der Waals surface area contributed by atoms with E-state index in [0.717, 1.165) is 18.6 Å². The molecule has 1 N–H and O–H groups in total. The summed E-state index contributed by atoms with van der Waals surface area (Å²) in [6, 6.07) is 5.33. The van der Waals surface area contributed by atoms with Crippen LogP contribution >= 0.6 is 0 Å². The molecule has 120 valence electrons. The number of halogens is 2. The zero-order valence-electron chi connectivity index (χ0n) is 13.0. The number of ketones is 1. The van der Waals surface area contributed by atoms with Gasteiger partial charge >= 0.3 is 0 Å². The van der Waals surface area contributed by atoms with Crippen LogP contribution in [-0.4, -0.2) is 15.9 Å². The van der Waals surface area contributed by atoms with Crippen LogP contribution < -0.4 is 0 Å². The molecule has 0 saturated heterocycles. The number of phenolic OH excluding ortho intramolecular Hbond substituents is 1. The number of fused-ring (bicyclic) bond motifs is 1.